The highest BCUT2D eigenvalue weighted by molar-refractivity contribution is 5.83. The van der Waals surface area contributed by atoms with Gasteiger partial charge in [0, 0.05) is 11.3 Å². The molecule has 0 bridgehead atoms. The van der Waals surface area contributed by atoms with Gasteiger partial charge in [-0.05, 0) is 23.8 Å². The summed E-state index contributed by atoms with van der Waals surface area (Å²) in [5.74, 6) is -0.661. The van der Waals surface area contributed by atoms with Gasteiger partial charge in [0.25, 0.3) is 0 Å². The molecule has 102 valence electrons. The van der Waals surface area contributed by atoms with Gasteiger partial charge >= 0.3 is 0 Å². The molecule has 0 aromatic heterocycles. The van der Waals surface area contributed by atoms with Crippen LogP contribution in [0.15, 0.2) is 53.6 Å². The number of nitrogens with two attached hydrogens (primary N) is 1. The van der Waals surface area contributed by atoms with Gasteiger partial charge in [0.2, 0.25) is 5.91 Å². The van der Waals surface area contributed by atoms with E-state index in [0.29, 0.717) is 11.3 Å². The molecule has 0 aliphatic heterocycles. The van der Waals surface area contributed by atoms with E-state index in [0.717, 1.165) is 5.56 Å². The van der Waals surface area contributed by atoms with Gasteiger partial charge < -0.3 is 5.73 Å². The molecule has 0 atom stereocenters. The number of anilines is 1. The Kier molecular flexibility index (Phi) is 4.44. The van der Waals surface area contributed by atoms with Crippen LogP contribution >= 0.6 is 0 Å². The van der Waals surface area contributed by atoms with Gasteiger partial charge in [-0.3, -0.25) is 4.79 Å². The van der Waals surface area contributed by atoms with E-state index >= 15 is 0 Å². The van der Waals surface area contributed by atoms with Crippen LogP contribution in [0.3, 0.4) is 0 Å². The molecule has 1 amide bonds. The number of hydrazone groups is 1. The van der Waals surface area contributed by atoms with Crippen LogP contribution in [0.5, 0.6) is 0 Å². The minimum atomic E-state index is -0.385. The van der Waals surface area contributed by atoms with Crippen LogP contribution in [0.2, 0.25) is 0 Å². The van der Waals surface area contributed by atoms with Crippen molar-refractivity contribution in [2.75, 3.05) is 5.73 Å². The zero-order valence-electron chi connectivity index (χ0n) is 10.7. The van der Waals surface area contributed by atoms with Crippen molar-refractivity contribution in [3.63, 3.8) is 0 Å². The fraction of sp³-hybridized carbons (Fsp3) is 0.0667. The molecule has 0 radical (unpaired) electrons. The van der Waals surface area contributed by atoms with Crippen molar-refractivity contribution in [2.24, 2.45) is 5.10 Å². The SMILES string of the molecule is Nc1ccc(CC(=O)N/N=C\c2ccccc2F)cc1. The van der Waals surface area contributed by atoms with Gasteiger partial charge in [0.05, 0.1) is 12.6 Å². The van der Waals surface area contributed by atoms with Crippen LogP contribution < -0.4 is 11.2 Å². The zero-order chi connectivity index (χ0) is 14.4. The van der Waals surface area contributed by atoms with Crippen molar-refractivity contribution in [3.05, 3.63) is 65.5 Å². The van der Waals surface area contributed by atoms with Crippen LogP contribution in [0.1, 0.15) is 11.1 Å². The number of hydrogen-bond donors (Lipinski definition) is 2. The summed E-state index contributed by atoms with van der Waals surface area (Å²) in [5, 5.41) is 3.73. The zero-order valence-corrected chi connectivity index (χ0v) is 10.7. The maximum Gasteiger partial charge on any atom is 0.244 e. The Balaban J connectivity index is 1.89. The highest BCUT2D eigenvalue weighted by Crippen LogP contribution is 2.06. The minimum absolute atomic E-state index is 0.189. The summed E-state index contributed by atoms with van der Waals surface area (Å²) < 4.78 is 13.3. The van der Waals surface area contributed by atoms with Crippen molar-refractivity contribution >= 4 is 17.8 Å². The smallest absolute Gasteiger partial charge is 0.244 e. The van der Waals surface area contributed by atoms with Crippen molar-refractivity contribution in [1.82, 2.24) is 5.43 Å². The van der Waals surface area contributed by atoms with E-state index in [9.17, 15) is 9.18 Å². The summed E-state index contributed by atoms with van der Waals surface area (Å²) in [7, 11) is 0. The summed E-state index contributed by atoms with van der Waals surface area (Å²) in [6.45, 7) is 0. The maximum absolute atomic E-state index is 13.3. The fourth-order valence-corrected chi connectivity index (χ4v) is 1.61. The molecule has 0 aliphatic carbocycles. The van der Waals surface area contributed by atoms with Gasteiger partial charge in [0.1, 0.15) is 5.82 Å². The maximum atomic E-state index is 13.3. The van der Waals surface area contributed by atoms with E-state index in [4.69, 9.17) is 5.73 Å². The van der Waals surface area contributed by atoms with Crippen molar-refractivity contribution < 1.29 is 9.18 Å². The van der Waals surface area contributed by atoms with Gasteiger partial charge in [-0.1, -0.05) is 30.3 Å². The van der Waals surface area contributed by atoms with Gasteiger partial charge in [-0.2, -0.15) is 5.10 Å². The van der Waals surface area contributed by atoms with E-state index in [1.807, 2.05) is 0 Å². The Labute approximate surface area is 116 Å². The number of nitrogens with one attached hydrogen (secondary N) is 1. The molecule has 2 rings (SSSR count). The second-order valence-corrected chi connectivity index (χ2v) is 4.23. The van der Waals surface area contributed by atoms with E-state index < -0.39 is 0 Å². The molecule has 20 heavy (non-hydrogen) atoms. The Morgan fingerprint density at radius 1 is 1.20 bits per heavy atom. The molecule has 0 spiro atoms. The van der Waals surface area contributed by atoms with Crippen LogP contribution in [-0.2, 0) is 11.2 Å². The predicted octanol–water partition coefficient (Wildman–Crippen LogP) is 2.10. The first kappa shape index (κ1) is 13.7. The summed E-state index contributed by atoms with van der Waals surface area (Å²) in [6.07, 6.45) is 1.46. The first-order chi connectivity index (χ1) is 9.65. The van der Waals surface area contributed by atoms with E-state index in [2.05, 4.69) is 10.5 Å². The van der Waals surface area contributed by atoms with Crippen LogP contribution in [0, 0.1) is 5.82 Å². The summed E-state index contributed by atoms with van der Waals surface area (Å²) >= 11 is 0. The molecule has 0 saturated carbocycles. The highest BCUT2D eigenvalue weighted by Gasteiger charge is 2.02. The quantitative estimate of drug-likeness (QED) is 0.508. The minimum Gasteiger partial charge on any atom is -0.399 e. The normalized spacial score (nSPS) is 10.7. The second-order valence-electron chi connectivity index (χ2n) is 4.23. The molecule has 5 heteroatoms. The van der Waals surface area contributed by atoms with Crippen LogP contribution in [0.25, 0.3) is 0 Å². The number of nitrogen functional groups attached to an aromatic ring is 1. The molecule has 0 unspecified atom stereocenters. The molecular weight excluding hydrogens is 257 g/mol. The molecular formula is C15H14FN3O. The van der Waals surface area contributed by atoms with E-state index in [1.54, 1.807) is 42.5 Å². The number of carbonyl (C=O) groups is 1. The lowest BCUT2D eigenvalue weighted by atomic mass is 10.1. The third-order valence-corrected chi connectivity index (χ3v) is 2.64. The third-order valence-electron chi connectivity index (χ3n) is 2.64. The number of carbonyl (C=O) groups excluding carboxylic acids is 1. The highest BCUT2D eigenvalue weighted by atomic mass is 19.1. The lowest BCUT2D eigenvalue weighted by Crippen LogP contribution is -2.19. The third kappa shape index (κ3) is 3.91. The van der Waals surface area contributed by atoms with Crippen molar-refractivity contribution in [1.29, 1.82) is 0 Å². The van der Waals surface area contributed by atoms with Crippen LogP contribution in [-0.4, -0.2) is 12.1 Å². The molecule has 2 aromatic rings. The number of hydrogen-bond acceptors (Lipinski definition) is 3. The number of nitrogens with zero attached hydrogens (tertiary/aromatic N) is 1. The van der Waals surface area contributed by atoms with E-state index in [-0.39, 0.29) is 18.1 Å². The molecule has 0 heterocycles. The summed E-state index contributed by atoms with van der Waals surface area (Å²) in [6, 6.07) is 13.2. The summed E-state index contributed by atoms with van der Waals surface area (Å²) in [4.78, 5) is 11.6. The lowest BCUT2D eigenvalue weighted by Gasteiger charge is -2.01. The number of amides is 1. The first-order valence-electron chi connectivity index (χ1n) is 6.06. The molecule has 0 fully saturated rings. The Morgan fingerprint density at radius 3 is 2.60 bits per heavy atom. The molecule has 0 saturated heterocycles. The van der Waals surface area contributed by atoms with Gasteiger partial charge in [-0.15, -0.1) is 0 Å². The van der Waals surface area contributed by atoms with Gasteiger partial charge in [0.15, 0.2) is 0 Å². The lowest BCUT2D eigenvalue weighted by molar-refractivity contribution is -0.120. The Morgan fingerprint density at radius 2 is 1.90 bits per heavy atom. The first-order valence-corrected chi connectivity index (χ1v) is 6.06. The summed E-state index contributed by atoms with van der Waals surface area (Å²) in [5.41, 5.74) is 9.71. The largest absolute Gasteiger partial charge is 0.399 e. The Hall–Kier alpha value is -2.69. The average molecular weight is 271 g/mol. The molecule has 2 aromatic carbocycles. The molecule has 4 nitrogen and oxygen atoms in total. The molecule has 3 N–H and O–H groups in total. The number of rotatable bonds is 4. The fourth-order valence-electron chi connectivity index (χ4n) is 1.61. The van der Waals surface area contributed by atoms with Gasteiger partial charge in [-0.25, -0.2) is 9.82 Å². The number of benzene rings is 2. The Bertz CT molecular complexity index is 623. The number of halogens is 1. The van der Waals surface area contributed by atoms with Crippen molar-refractivity contribution in [2.45, 2.75) is 6.42 Å². The van der Waals surface area contributed by atoms with Crippen LogP contribution in [0.4, 0.5) is 10.1 Å². The van der Waals surface area contributed by atoms with Crippen molar-refractivity contribution in [3.8, 4) is 0 Å². The van der Waals surface area contributed by atoms with E-state index in [1.165, 1.54) is 12.3 Å². The topological polar surface area (TPSA) is 67.5 Å². The average Bonchev–Trinajstić information content (AvgIpc) is 2.43. The standard InChI is InChI=1S/C15H14FN3O/c16-14-4-2-1-3-12(14)10-18-19-15(20)9-11-5-7-13(17)8-6-11/h1-8,10H,9,17H2,(H,19,20)/b18-10-. The monoisotopic (exact) mass is 271 g/mol. The second kappa shape index (κ2) is 6.47. The molecule has 0 aliphatic rings. The predicted molar refractivity (Wildman–Crippen MR) is 76.7 cm³/mol.